The molecule has 0 aliphatic carbocycles. The molecule has 102 valence electrons. The smallest absolute Gasteiger partial charge is 0.387 e. The fraction of sp³-hybridized carbons (Fsp3) is 1.00. The van der Waals surface area contributed by atoms with Crippen molar-refractivity contribution < 1.29 is 47.4 Å². The number of aliphatic hydroxyl groups excluding tert-OH is 5. The fourth-order valence-corrected chi connectivity index (χ4v) is 1.66. The van der Waals surface area contributed by atoms with Crippen LogP contribution in [-0.2, 0) is 19.3 Å². The highest BCUT2D eigenvalue weighted by atomic mass is 32.3. The minimum atomic E-state index is -5.01. The second-order valence-corrected chi connectivity index (χ2v) is 4.43. The zero-order valence-electron chi connectivity index (χ0n) is 8.19. The van der Waals surface area contributed by atoms with E-state index in [0.717, 1.165) is 0 Å². The van der Waals surface area contributed by atoms with Crippen molar-refractivity contribution in [3.05, 3.63) is 0 Å². The predicted molar refractivity (Wildman–Crippen MR) is 47.5 cm³/mol. The van der Waals surface area contributed by atoms with Gasteiger partial charge in [0.05, 0.1) is 0 Å². The Bertz CT molecular complexity index is 354. The van der Waals surface area contributed by atoms with Crippen LogP contribution in [0.5, 0.6) is 0 Å². The summed E-state index contributed by atoms with van der Waals surface area (Å²) in [5.74, 6) is 0. The van der Waals surface area contributed by atoms with E-state index in [9.17, 15) is 18.6 Å². The molecule has 0 aromatic rings. The van der Waals surface area contributed by atoms with E-state index in [1.165, 1.54) is 0 Å². The van der Waals surface area contributed by atoms with Gasteiger partial charge in [-0.2, -0.15) is 8.42 Å². The van der Waals surface area contributed by atoms with Crippen molar-refractivity contribution in [2.24, 2.45) is 0 Å². The lowest BCUT2D eigenvalue weighted by Crippen LogP contribution is -2.61. The van der Waals surface area contributed by atoms with Crippen molar-refractivity contribution in [2.45, 2.75) is 37.0 Å². The highest BCUT2D eigenvalue weighted by Gasteiger charge is 2.47. The fourth-order valence-electron chi connectivity index (χ4n) is 1.30. The van der Waals surface area contributed by atoms with Gasteiger partial charge in [-0.25, -0.2) is 4.18 Å². The summed E-state index contributed by atoms with van der Waals surface area (Å²) in [6, 6.07) is 0. The molecule has 6 N–H and O–H groups in total. The summed E-state index contributed by atoms with van der Waals surface area (Å²) in [6.45, 7) is 0. The largest absolute Gasteiger partial charge is 0.399 e. The second-order valence-electron chi connectivity index (χ2n) is 3.38. The van der Waals surface area contributed by atoms with Crippen LogP contribution in [0.4, 0.5) is 0 Å². The molecule has 0 aromatic carbocycles. The van der Waals surface area contributed by atoms with Crippen LogP contribution in [-0.4, -0.2) is 75.5 Å². The van der Waals surface area contributed by atoms with Crippen LogP contribution in [0.25, 0.3) is 0 Å². The molecule has 0 saturated carbocycles. The van der Waals surface area contributed by atoms with Gasteiger partial charge in [0.25, 0.3) is 0 Å². The first-order valence-corrected chi connectivity index (χ1v) is 5.71. The van der Waals surface area contributed by atoms with Crippen LogP contribution in [0, 0.1) is 0 Å². The number of aliphatic hydroxyl groups is 5. The summed E-state index contributed by atoms with van der Waals surface area (Å²) in [4.78, 5) is 0. The molecule has 1 aliphatic heterocycles. The highest BCUT2D eigenvalue weighted by Crippen LogP contribution is 2.23. The van der Waals surface area contributed by atoms with Gasteiger partial charge in [0.1, 0.15) is 24.4 Å². The Labute approximate surface area is 95.6 Å². The zero-order chi connectivity index (χ0) is 13.4. The topological polar surface area (TPSA) is 174 Å². The monoisotopic (exact) mass is 276 g/mol. The van der Waals surface area contributed by atoms with E-state index in [4.69, 9.17) is 19.9 Å². The molecule has 10 nitrogen and oxygen atoms in total. The van der Waals surface area contributed by atoms with E-state index in [1.54, 1.807) is 0 Å². The maximum atomic E-state index is 10.3. The molecule has 0 radical (unpaired) electrons. The van der Waals surface area contributed by atoms with E-state index in [-0.39, 0.29) is 0 Å². The average Bonchev–Trinajstić information content (AvgIpc) is 2.17. The molecular weight excluding hydrogens is 264 g/mol. The van der Waals surface area contributed by atoms with E-state index < -0.39 is 47.4 Å². The van der Waals surface area contributed by atoms with Crippen LogP contribution in [0.3, 0.4) is 0 Å². The van der Waals surface area contributed by atoms with E-state index in [1.807, 2.05) is 0 Å². The van der Waals surface area contributed by atoms with Crippen LogP contribution in [0.15, 0.2) is 0 Å². The molecule has 6 atom stereocenters. The van der Waals surface area contributed by atoms with Gasteiger partial charge in [-0.1, -0.05) is 0 Å². The molecule has 1 rings (SSSR count). The quantitative estimate of drug-likeness (QED) is 0.220. The minimum Gasteiger partial charge on any atom is -0.387 e. The Morgan fingerprint density at radius 1 is 1.06 bits per heavy atom. The van der Waals surface area contributed by atoms with Crippen molar-refractivity contribution in [1.82, 2.24) is 0 Å². The molecule has 1 fully saturated rings. The lowest BCUT2D eigenvalue weighted by atomic mass is 9.99. The van der Waals surface area contributed by atoms with Gasteiger partial charge in [-0.3, -0.25) is 4.55 Å². The van der Waals surface area contributed by atoms with Crippen molar-refractivity contribution in [2.75, 3.05) is 0 Å². The average molecular weight is 276 g/mol. The molecule has 17 heavy (non-hydrogen) atoms. The normalized spacial score (nSPS) is 41.2. The van der Waals surface area contributed by atoms with Gasteiger partial charge in [0.15, 0.2) is 6.29 Å². The summed E-state index contributed by atoms with van der Waals surface area (Å²) in [5, 5.41) is 45.8. The van der Waals surface area contributed by atoms with Crippen LogP contribution < -0.4 is 0 Å². The number of ether oxygens (including phenoxy) is 1. The lowest BCUT2D eigenvalue weighted by molar-refractivity contribution is -0.313. The Balaban J connectivity index is 2.77. The summed E-state index contributed by atoms with van der Waals surface area (Å²) < 4.78 is 36.9. The SMILES string of the molecule is O=S(=O)(O)OC(O)[C@H]1O[C@H](O)[C@H](O)[C@@H](O)[C@H]1O. The van der Waals surface area contributed by atoms with E-state index >= 15 is 0 Å². The lowest BCUT2D eigenvalue weighted by Gasteiger charge is -2.39. The Morgan fingerprint density at radius 2 is 1.59 bits per heavy atom. The molecular formula is C6H12O10S. The molecule has 1 aliphatic rings. The van der Waals surface area contributed by atoms with Gasteiger partial charge in [0.2, 0.25) is 6.29 Å². The van der Waals surface area contributed by atoms with Crippen molar-refractivity contribution in [3.8, 4) is 0 Å². The standard InChI is InChI=1S/C6H12O10S/c7-1-2(8)4(15-5(10)3(1)9)6(11)16-17(12,13)14/h1-11H,(H,12,13,14)/t1-,2+,3+,4-,5-,6?/m0/s1. The minimum absolute atomic E-state index is 1.83. The molecule has 0 aromatic heterocycles. The van der Waals surface area contributed by atoms with Gasteiger partial charge in [0, 0.05) is 0 Å². The molecule has 11 heteroatoms. The number of rotatable bonds is 3. The highest BCUT2D eigenvalue weighted by molar-refractivity contribution is 7.80. The van der Waals surface area contributed by atoms with Gasteiger partial charge in [-0.05, 0) is 0 Å². The van der Waals surface area contributed by atoms with Crippen molar-refractivity contribution in [1.29, 1.82) is 0 Å². The molecule has 1 heterocycles. The predicted octanol–water partition coefficient (Wildman–Crippen LogP) is -4.08. The third-order valence-electron chi connectivity index (χ3n) is 2.13. The second kappa shape index (κ2) is 5.09. The summed E-state index contributed by atoms with van der Waals surface area (Å²) >= 11 is 0. The molecule has 1 saturated heterocycles. The maximum absolute atomic E-state index is 10.3. The van der Waals surface area contributed by atoms with Crippen molar-refractivity contribution in [3.63, 3.8) is 0 Å². The Morgan fingerprint density at radius 3 is 2.06 bits per heavy atom. The first kappa shape index (κ1) is 14.7. The third kappa shape index (κ3) is 3.54. The Kier molecular flexibility index (Phi) is 4.40. The zero-order valence-corrected chi connectivity index (χ0v) is 9.01. The number of hydrogen-bond donors (Lipinski definition) is 6. The third-order valence-corrected chi connectivity index (χ3v) is 2.57. The van der Waals surface area contributed by atoms with E-state index in [2.05, 4.69) is 8.92 Å². The molecule has 0 amide bonds. The van der Waals surface area contributed by atoms with Crippen molar-refractivity contribution >= 4 is 10.4 Å². The summed E-state index contributed by atoms with van der Waals surface area (Å²) in [6.07, 6.45) is -11.8. The summed E-state index contributed by atoms with van der Waals surface area (Å²) in [7, 11) is -5.01. The maximum Gasteiger partial charge on any atom is 0.399 e. The first-order valence-electron chi connectivity index (χ1n) is 4.35. The van der Waals surface area contributed by atoms with Crippen LogP contribution >= 0.6 is 0 Å². The Hall–Kier alpha value is -0.370. The molecule has 0 spiro atoms. The molecule has 1 unspecified atom stereocenters. The molecule has 0 bridgehead atoms. The van der Waals surface area contributed by atoms with Crippen LogP contribution in [0.2, 0.25) is 0 Å². The van der Waals surface area contributed by atoms with Gasteiger partial charge < -0.3 is 30.3 Å². The first-order chi connectivity index (χ1) is 7.63. The van der Waals surface area contributed by atoms with Gasteiger partial charge >= 0.3 is 10.4 Å². The van der Waals surface area contributed by atoms with E-state index in [0.29, 0.717) is 0 Å². The number of hydrogen-bond acceptors (Lipinski definition) is 9. The summed E-state index contributed by atoms with van der Waals surface area (Å²) in [5.41, 5.74) is 0. The van der Waals surface area contributed by atoms with Crippen LogP contribution in [0.1, 0.15) is 0 Å². The van der Waals surface area contributed by atoms with Gasteiger partial charge in [-0.15, -0.1) is 0 Å².